The average Bonchev–Trinajstić information content (AvgIpc) is 2.77. The third kappa shape index (κ3) is 2.51. The van der Waals surface area contributed by atoms with Gasteiger partial charge in [0.1, 0.15) is 5.82 Å². The van der Waals surface area contributed by atoms with Crippen LogP contribution < -0.4 is 10.6 Å². The van der Waals surface area contributed by atoms with Crippen molar-refractivity contribution in [1.29, 1.82) is 0 Å². The molecule has 0 aromatic heterocycles. The minimum absolute atomic E-state index is 0.0113. The second-order valence-corrected chi connectivity index (χ2v) is 4.17. The third-order valence-electron chi connectivity index (χ3n) is 2.56. The first-order valence-electron chi connectivity index (χ1n) is 5.16. The van der Waals surface area contributed by atoms with Crippen molar-refractivity contribution >= 4 is 23.2 Å². The maximum atomic E-state index is 12.9. The Kier molecular flexibility index (Phi) is 3.41. The van der Waals surface area contributed by atoms with Crippen LogP contribution >= 0.6 is 11.6 Å². The standard InChI is InChI=1S/C11H12ClFN2O/c12-8-6-7(3-4-9(8)13)15-11(16)10-2-1-5-14-10/h3-4,6,10,14H,1-2,5H2,(H,15,16). The highest BCUT2D eigenvalue weighted by atomic mass is 35.5. The summed E-state index contributed by atoms with van der Waals surface area (Å²) in [5.41, 5.74) is 0.519. The van der Waals surface area contributed by atoms with E-state index in [1.165, 1.54) is 18.2 Å². The maximum absolute atomic E-state index is 12.9. The Morgan fingerprint density at radius 1 is 1.56 bits per heavy atom. The number of nitrogens with one attached hydrogen (secondary N) is 2. The van der Waals surface area contributed by atoms with Crippen LogP contribution in [0.15, 0.2) is 18.2 Å². The van der Waals surface area contributed by atoms with Gasteiger partial charge in [-0.2, -0.15) is 0 Å². The van der Waals surface area contributed by atoms with Gasteiger partial charge in [-0.15, -0.1) is 0 Å². The van der Waals surface area contributed by atoms with E-state index >= 15 is 0 Å². The Labute approximate surface area is 98.0 Å². The molecule has 1 amide bonds. The molecule has 1 unspecified atom stereocenters. The van der Waals surface area contributed by atoms with Crippen LogP contribution in [0.1, 0.15) is 12.8 Å². The SMILES string of the molecule is O=C(Nc1ccc(F)c(Cl)c1)C1CCCN1. The molecule has 0 aliphatic carbocycles. The molecule has 1 fully saturated rings. The molecule has 1 heterocycles. The van der Waals surface area contributed by atoms with Gasteiger partial charge in [-0.3, -0.25) is 4.79 Å². The summed E-state index contributed by atoms with van der Waals surface area (Å²) in [6, 6.07) is 3.99. The molecule has 1 saturated heterocycles. The highest BCUT2D eigenvalue weighted by Crippen LogP contribution is 2.19. The summed E-state index contributed by atoms with van der Waals surface area (Å²) in [7, 11) is 0. The Morgan fingerprint density at radius 2 is 2.38 bits per heavy atom. The van der Waals surface area contributed by atoms with Crippen LogP contribution in [0.3, 0.4) is 0 Å². The lowest BCUT2D eigenvalue weighted by Gasteiger charge is -2.11. The van der Waals surface area contributed by atoms with Crippen molar-refractivity contribution < 1.29 is 9.18 Å². The first-order chi connectivity index (χ1) is 7.66. The van der Waals surface area contributed by atoms with E-state index in [2.05, 4.69) is 10.6 Å². The van der Waals surface area contributed by atoms with Crippen LogP contribution in [0.25, 0.3) is 0 Å². The summed E-state index contributed by atoms with van der Waals surface area (Å²) >= 11 is 5.62. The number of carbonyl (C=O) groups excluding carboxylic acids is 1. The fourth-order valence-corrected chi connectivity index (χ4v) is 1.89. The number of anilines is 1. The topological polar surface area (TPSA) is 41.1 Å². The average molecular weight is 243 g/mol. The maximum Gasteiger partial charge on any atom is 0.241 e. The first-order valence-corrected chi connectivity index (χ1v) is 5.54. The Hall–Kier alpha value is -1.13. The van der Waals surface area contributed by atoms with Gasteiger partial charge in [-0.1, -0.05) is 11.6 Å². The molecule has 0 radical (unpaired) electrons. The predicted molar refractivity (Wildman–Crippen MR) is 61.1 cm³/mol. The van der Waals surface area contributed by atoms with Crippen molar-refractivity contribution in [1.82, 2.24) is 5.32 Å². The Bertz CT molecular complexity index is 405. The van der Waals surface area contributed by atoms with Crippen molar-refractivity contribution in [2.75, 3.05) is 11.9 Å². The summed E-state index contributed by atoms with van der Waals surface area (Å²) in [6.07, 6.45) is 1.84. The molecular formula is C11H12ClFN2O. The minimum atomic E-state index is -0.487. The van der Waals surface area contributed by atoms with Gasteiger partial charge in [0.05, 0.1) is 11.1 Å². The normalized spacial score (nSPS) is 19.8. The van der Waals surface area contributed by atoms with Crippen molar-refractivity contribution in [3.05, 3.63) is 29.0 Å². The smallest absolute Gasteiger partial charge is 0.241 e. The zero-order chi connectivity index (χ0) is 11.5. The number of halogens is 2. The molecular weight excluding hydrogens is 231 g/mol. The molecule has 16 heavy (non-hydrogen) atoms. The second kappa shape index (κ2) is 4.80. The molecule has 1 aromatic rings. The third-order valence-corrected chi connectivity index (χ3v) is 2.85. The quantitative estimate of drug-likeness (QED) is 0.835. The molecule has 3 nitrogen and oxygen atoms in total. The molecule has 1 aliphatic rings. The number of hydrogen-bond donors (Lipinski definition) is 2. The van der Waals surface area contributed by atoms with Crippen LogP contribution in [0.5, 0.6) is 0 Å². The number of benzene rings is 1. The number of amides is 1. The zero-order valence-electron chi connectivity index (χ0n) is 8.59. The first kappa shape index (κ1) is 11.4. The van der Waals surface area contributed by atoms with Gasteiger partial charge in [0, 0.05) is 5.69 Å². The van der Waals surface area contributed by atoms with E-state index < -0.39 is 5.82 Å². The van der Waals surface area contributed by atoms with E-state index in [1.54, 1.807) is 0 Å². The highest BCUT2D eigenvalue weighted by molar-refractivity contribution is 6.31. The second-order valence-electron chi connectivity index (χ2n) is 3.77. The molecule has 2 rings (SSSR count). The summed E-state index contributed by atoms with van der Waals surface area (Å²) in [5.74, 6) is -0.584. The van der Waals surface area contributed by atoms with E-state index in [9.17, 15) is 9.18 Å². The zero-order valence-corrected chi connectivity index (χ0v) is 9.35. The van der Waals surface area contributed by atoms with Crippen molar-refractivity contribution in [3.63, 3.8) is 0 Å². The van der Waals surface area contributed by atoms with Gasteiger partial charge in [0.2, 0.25) is 5.91 Å². The summed E-state index contributed by atoms with van der Waals surface area (Å²) < 4.78 is 12.9. The molecule has 1 aromatic carbocycles. The van der Waals surface area contributed by atoms with E-state index in [-0.39, 0.29) is 17.0 Å². The van der Waals surface area contributed by atoms with Crippen molar-refractivity contribution in [2.24, 2.45) is 0 Å². The minimum Gasteiger partial charge on any atom is -0.325 e. The fraction of sp³-hybridized carbons (Fsp3) is 0.364. The molecule has 5 heteroatoms. The van der Waals surface area contributed by atoms with Gasteiger partial charge in [0.25, 0.3) is 0 Å². The lowest BCUT2D eigenvalue weighted by Crippen LogP contribution is -2.35. The molecule has 1 atom stereocenters. The van der Waals surface area contributed by atoms with Gasteiger partial charge in [0.15, 0.2) is 0 Å². The van der Waals surface area contributed by atoms with Crippen molar-refractivity contribution in [3.8, 4) is 0 Å². The highest BCUT2D eigenvalue weighted by Gasteiger charge is 2.21. The van der Waals surface area contributed by atoms with Crippen molar-refractivity contribution in [2.45, 2.75) is 18.9 Å². The van der Waals surface area contributed by atoms with E-state index in [0.29, 0.717) is 5.69 Å². The van der Waals surface area contributed by atoms with Crippen LogP contribution in [0, 0.1) is 5.82 Å². The molecule has 0 bridgehead atoms. The van der Waals surface area contributed by atoms with Crippen LogP contribution in [-0.2, 0) is 4.79 Å². The van der Waals surface area contributed by atoms with E-state index in [4.69, 9.17) is 11.6 Å². The molecule has 0 saturated carbocycles. The fourth-order valence-electron chi connectivity index (χ4n) is 1.71. The molecule has 1 aliphatic heterocycles. The van der Waals surface area contributed by atoms with Crippen LogP contribution in [-0.4, -0.2) is 18.5 Å². The predicted octanol–water partition coefficient (Wildman–Crippen LogP) is 2.17. The van der Waals surface area contributed by atoms with Crippen LogP contribution in [0.2, 0.25) is 5.02 Å². The Morgan fingerprint density at radius 3 is 3.00 bits per heavy atom. The monoisotopic (exact) mass is 242 g/mol. The summed E-state index contributed by atoms with van der Waals surface area (Å²) in [4.78, 5) is 11.7. The van der Waals surface area contributed by atoms with Crippen LogP contribution in [0.4, 0.5) is 10.1 Å². The number of hydrogen-bond acceptors (Lipinski definition) is 2. The molecule has 2 N–H and O–H groups in total. The Balaban J connectivity index is 2.02. The molecule has 0 spiro atoms. The van der Waals surface area contributed by atoms with E-state index in [1.807, 2.05) is 0 Å². The lowest BCUT2D eigenvalue weighted by atomic mass is 10.2. The number of carbonyl (C=O) groups is 1. The summed E-state index contributed by atoms with van der Waals surface area (Å²) in [5, 5.41) is 5.79. The van der Waals surface area contributed by atoms with E-state index in [0.717, 1.165) is 19.4 Å². The largest absolute Gasteiger partial charge is 0.325 e. The van der Waals surface area contributed by atoms with Gasteiger partial charge in [-0.05, 0) is 37.6 Å². The molecule has 86 valence electrons. The van der Waals surface area contributed by atoms with Gasteiger partial charge >= 0.3 is 0 Å². The van der Waals surface area contributed by atoms with Gasteiger partial charge < -0.3 is 10.6 Å². The lowest BCUT2D eigenvalue weighted by molar-refractivity contribution is -0.117. The summed E-state index contributed by atoms with van der Waals surface area (Å²) in [6.45, 7) is 0.863. The van der Waals surface area contributed by atoms with Gasteiger partial charge in [-0.25, -0.2) is 4.39 Å². The number of rotatable bonds is 2.